The molecule has 4 nitrogen and oxygen atoms in total. The molecule has 0 aromatic heterocycles. The highest BCUT2D eigenvalue weighted by Crippen LogP contribution is 2.14. The number of carbonyl (C=O) groups excluding carboxylic acids is 1. The van der Waals surface area contributed by atoms with Crippen molar-refractivity contribution in [1.82, 2.24) is 10.6 Å². The Bertz CT molecular complexity index is 127. The summed E-state index contributed by atoms with van der Waals surface area (Å²) in [5.41, 5.74) is 5.63. The number of carbonyl (C=O) groups is 1. The molecule has 4 N–H and O–H groups in total. The molecule has 2 amide bonds. The molecule has 0 aliphatic heterocycles. The van der Waals surface area contributed by atoms with E-state index in [0.717, 1.165) is 0 Å². The van der Waals surface area contributed by atoms with E-state index >= 15 is 0 Å². The van der Waals surface area contributed by atoms with Gasteiger partial charge < -0.3 is 16.4 Å². The van der Waals surface area contributed by atoms with Crippen LogP contribution in [0, 0.1) is 0 Å². The average Bonchev–Trinajstić information content (AvgIpc) is 2.19. The van der Waals surface area contributed by atoms with Gasteiger partial charge >= 0.3 is 6.03 Å². The molecule has 1 saturated carbocycles. The molecule has 1 rings (SSSR count). The highest BCUT2D eigenvalue weighted by atomic mass is 16.2. The lowest BCUT2D eigenvalue weighted by Crippen LogP contribution is -2.28. The van der Waals surface area contributed by atoms with E-state index in [1.807, 2.05) is 0 Å². The van der Waals surface area contributed by atoms with Gasteiger partial charge in [0.2, 0.25) is 0 Å². The Morgan fingerprint density at radius 3 is 1.77 bits per heavy atom. The Kier molecular flexibility index (Phi) is 7.39. The fraction of sp³-hybridized carbons (Fsp3) is 0.889. The van der Waals surface area contributed by atoms with Crippen molar-refractivity contribution in [3.8, 4) is 0 Å². The van der Waals surface area contributed by atoms with E-state index in [0.29, 0.717) is 6.04 Å². The van der Waals surface area contributed by atoms with Gasteiger partial charge in [0.15, 0.2) is 0 Å². The maximum absolute atomic E-state index is 9.96. The van der Waals surface area contributed by atoms with Crippen LogP contribution >= 0.6 is 0 Å². The third kappa shape index (κ3) is 7.59. The molecular weight excluding hydrogens is 166 g/mol. The van der Waals surface area contributed by atoms with Crippen molar-refractivity contribution in [2.75, 3.05) is 14.1 Å². The minimum absolute atomic E-state index is 0.157. The first-order chi connectivity index (χ1) is 6.20. The van der Waals surface area contributed by atoms with Gasteiger partial charge in [-0.3, -0.25) is 0 Å². The van der Waals surface area contributed by atoms with E-state index in [1.54, 1.807) is 14.1 Å². The summed E-state index contributed by atoms with van der Waals surface area (Å²) in [5.74, 6) is 0. The third-order valence-corrected chi connectivity index (χ3v) is 2.10. The molecule has 0 aromatic carbocycles. The zero-order valence-electron chi connectivity index (χ0n) is 8.60. The Hall–Kier alpha value is -0.770. The second kappa shape index (κ2) is 7.86. The van der Waals surface area contributed by atoms with Crippen molar-refractivity contribution in [1.29, 1.82) is 0 Å². The first-order valence-electron chi connectivity index (χ1n) is 4.85. The SMILES string of the molecule is CNC(=O)NC.NC1CCCCC1. The minimum Gasteiger partial charge on any atom is -0.341 e. The number of nitrogens with one attached hydrogen (secondary N) is 2. The van der Waals surface area contributed by atoms with Crippen LogP contribution in [0.2, 0.25) is 0 Å². The van der Waals surface area contributed by atoms with Crippen LogP contribution in [0.25, 0.3) is 0 Å². The largest absolute Gasteiger partial charge is 0.341 e. The van der Waals surface area contributed by atoms with Crippen LogP contribution in [-0.4, -0.2) is 26.2 Å². The van der Waals surface area contributed by atoms with Gasteiger partial charge in [0, 0.05) is 20.1 Å². The van der Waals surface area contributed by atoms with Crippen molar-refractivity contribution < 1.29 is 4.79 Å². The fourth-order valence-corrected chi connectivity index (χ4v) is 1.26. The number of nitrogens with two attached hydrogens (primary N) is 1. The predicted molar refractivity (Wildman–Crippen MR) is 54.6 cm³/mol. The Morgan fingerprint density at radius 2 is 1.62 bits per heavy atom. The van der Waals surface area contributed by atoms with Crippen molar-refractivity contribution in [2.24, 2.45) is 5.73 Å². The van der Waals surface area contributed by atoms with Crippen molar-refractivity contribution in [2.45, 2.75) is 38.1 Å². The molecule has 78 valence electrons. The van der Waals surface area contributed by atoms with E-state index in [4.69, 9.17) is 5.73 Å². The second-order valence-electron chi connectivity index (χ2n) is 3.23. The van der Waals surface area contributed by atoms with Crippen LogP contribution in [0.4, 0.5) is 4.79 Å². The zero-order chi connectivity index (χ0) is 10.1. The predicted octanol–water partition coefficient (Wildman–Crippen LogP) is 0.823. The number of hydrogen-bond acceptors (Lipinski definition) is 2. The summed E-state index contributed by atoms with van der Waals surface area (Å²) in [6.45, 7) is 0. The van der Waals surface area contributed by atoms with Gasteiger partial charge in [0.25, 0.3) is 0 Å². The number of rotatable bonds is 0. The van der Waals surface area contributed by atoms with Crippen LogP contribution in [0.3, 0.4) is 0 Å². The maximum Gasteiger partial charge on any atom is 0.314 e. The Balaban J connectivity index is 0.000000226. The van der Waals surface area contributed by atoms with E-state index < -0.39 is 0 Å². The van der Waals surface area contributed by atoms with Crippen LogP contribution in [0.5, 0.6) is 0 Å². The van der Waals surface area contributed by atoms with Crippen LogP contribution in [-0.2, 0) is 0 Å². The summed E-state index contributed by atoms with van der Waals surface area (Å²) < 4.78 is 0. The molecule has 0 spiro atoms. The van der Waals surface area contributed by atoms with E-state index in [1.165, 1.54) is 32.1 Å². The Morgan fingerprint density at radius 1 is 1.15 bits per heavy atom. The monoisotopic (exact) mass is 187 g/mol. The molecule has 0 unspecified atom stereocenters. The summed E-state index contributed by atoms with van der Waals surface area (Å²) in [6.07, 6.45) is 6.66. The number of urea groups is 1. The van der Waals surface area contributed by atoms with Crippen LogP contribution in [0.15, 0.2) is 0 Å². The highest BCUT2D eigenvalue weighted by molar-refractivity contribution is 5.72. The molecule has 1 aliphatic carbocycles. The fourth-order valence-electron chi connectivity index (χ4n) is 1.26. The standard InChI is InChI=1S/C6H13N.C3H8N2O/c7-6-4-2-1-3-5-6;1-4-3(6)5-2/h6H,1-5,7H2;1-2H3,(H2,4,5,6). The minimum atomic E-state index is -0.157. The van der Waals surface area contributed by atoms with E-state index in [-0.39, 0.29) is 6.03 Å². The topological polar surface area (TPSA) is 67.2 Å². The molecule has 0 saturated heterocycles. The van der Waals surface area contributed by atoms with Crippen molar-refractivity contribution in [3.05, 3.63) is 0 Å². The average molecular weight is 187 g/mol. The third-order valence-electron chi connectivity index (χ3n) is 2.10. The number of amides is 2. The summed E-state index contributed by atoms with van der Waals surface area (Å²) in [6, 6.07) is 0.378. The first-order valence-corrected chi connectivity index (χ1v) is 4.85. The summed E-state index contributed by atoms with van der Waals surface area (Å²) >= 11 is 0. The van der Waals surface area contributed by atoms with Crippen molar-refractivity contribution >= 4 is 6.03 Å². The normalized spacial score (nSPS) is 16.8. The Labute approximate surface area is 80.3 Å². The van der Waals surface area contributed by atoms with Crippen LogP contribution < -0.4 is 16.4 Å². The van der Waals surface area contributed by atoms with Gasteiger partial charge in [-0.15, -0.1) is 0 Å². The molecule has 0 atom stereocenters. The van der Waals surface area contributed by atoms with Gasteiger partial charge in [0.1, 0.15) is 0 Å². The molecule has 1 aliphatic rings. The smallest absolute Gasteiger partial charge is 0.314 e. The molecule has 0 aromatic rings. The molecular formula is C9H21N3O. The second-order valence-corrected chi connectivity index (χ2v) is 3.23. The summed E-state index contributed by atoms with van der Waals surface area (Å²) in [5, 5.41) is 4.73. The molecule has 1 fully saturated rings. The van der Waals surface area contributed by atoms with E-state index in [9.17, 15) is 4.79 Å². The lowest BCUT2D eigenvalue weighted by Gasteiger charge is -2.15. The molecule has 4 heteroatoms. The molecule has 0 heterocycles. The highest BCUT2D eigenvalue weighted by Gasteiger charge is 2.06. The van der Waals surface area contributed by atoms with Crippen molar-refractivity contribution in [3.63, 3.8) is 0 Å². The lowest BCUT2D eigenvalue weighted by molar-refractivity contribution is 0.245. The van der Waals surface area contributed by atoms with E-state index in [2.05, 4.69) is 10.6 Å². The van der Waals surface area contributed by atoms with Gasteiger partial charge in [-0.25, -0.2) is 4.79 Å². The van der Waals surface area contributed by atoms with Gasteiger partial charge in [-0.1, -0.05) is 19.3 Å². The van der Waals surface area contributed by atoms with Crippen LogP contribution in [0.1, 0.15) is 32.1 Å². The van der Waals surface area contributed by atoms with Gasteiger partial charge in [-0.2, -0.15) is 0 Å². The lowest BCUT2D eigenvalue weighted by atomic mass is 9.97. The maximum atomic E-state index is 9.96. The zero-order valence-corrected chi connectivity index (χ0v) is 8.60. The van der Waals surface area contributed by atoms with Gasteiger partial charge in [0.05, 0.1) is 0 Å². The first kappa shape index (κ1) is 12.2. The quantitative estimate of drug-likeness (QED) is 0.525. The molecule has 13 heavy (non-hydrogen) atoms. The summed E-state index contributed by atoms with van der Waals surface area (Å²) in [7, 11) is 3.14. The molecule has 0 bridgehead atoms. The molecule has 0 radical (unpaired) electrons. The van der Waals surface area contributed by atoms with Gasteiger partial charge in [-0.05, 0) is 12.8 Å². The summed E-state index contributed by atoms with van der Waals surface area (Å²) in [4.78, 5) is 9.96. The number of hydrogen-bond donors (Lipinski definition) is 3.